The van der Waals surface area contributed by atoms with Crippen molar-refractivity contribution < 1.29 is 4.74 Å². The van der Waals surface area contributed by atoms with Gasteiger partial charge in [0.1, 0.15) is 0 Å². The van der Waals surface area contributed by atoms with E-state index in [0.717, 1.165) is 17.0 Å². The maximum atomic E-state index is 5.88. The minimum atomic E-state index is 0.506. The lowest BCUT2D eigenvalue weighted by Gasteiger charge is -2.11. The van der Waals surface area contributed by atoms with Crippen LogP contribution >= 0.6 is 0 Å². The summed E-state index contributed by atoms with van der Waals surface area (Å²) in [5, 5.41) is 0. The number of rotatable bonds is 2. The summed E-state index contributed by atoms with van der Waals surface area (Å²) in [7, 11) is 0. The summed E-state index contributed by atoms with van der Waals surface area (Å²) in [6.45, 7) is 5.68. The summed E-state index contributed by atoms with van der Waals surface area (Å²) < 4.78 is 5.75. The van der Waals surface area contributed by atoms with E-state index in [0.29, 0.717) is 17.3 Å². The maximum absolute atomic E-state index is 5.88. The maximum Gasteiger partial charge on any atom is 0.241 e. The van der Waals surface area contributed by atoms with Gasteiger partial charge in [0.2, 0.25) is 5.88 Å². The molecule has 0 spiro atoms. The summed E-state index contributed by atoms with van der Waals surface area (Å²) in [6, 6.07) is 5.65. The Hall–Kier alpha value is -2.10. The Morgan fingerprint density at radius 3 is 2.65 bits per heavy atom. The molecule has 0 unspecified atom stereocenters. The molecular formula is C13H15N3O. The zero-order valence-corrected chi connectivity index (χ0v) is 10.2. The normalized spacial score (nSPS) is 10.3. The average Bonchev–Trinajstić information content (AvgIpc) is 2.28. The van der Waals surface area contributed by atoms with Crippen LogP contribution in [0.15, 0.2) is 24.4 Å². The standard InChI is InChI=1S/C13H15N3O/c1-8-5-4-6-11(14)12(8)17-13-10(3)15-7-9(2)16-13/h4-7H,14H2,1-3H3. The molecule has 0 aliphatic heterocycles. The van der Waals surface area contributed by atoms with Crippen LogP contribution in [-0.2, 0) is 0 Å². The summed E-state index contributed by atoms with van der Waals surface area (Å²) in [4.78, 5) is 8.52. The number of aryl methyl sites for hydroxylation is 3. The molecule has 4 nitrogen and oxygen atoms in total. The molecular weight excluding hydrogens is 214 g/mol. The van der Waals surface area contributed by atoms with Crippen LogP contribution in [0.4, 0.5) is 5.69 Å². The number of nitrogen functional groups attached to an aromatic ring is 1. The van der Waals surface area contributed by atoms with Gasteiger partial charge < -0.3 is 10.5 Å². The number of para-hydroxylation sites is 1. The van der Waals surface area contributed by atoms with Crippen molar-refractivity contribution in [3.8, 4) is 11.6 Å². The summed E-state index contributed by atoms with van der Waals surface area (Å²) >= 11 is 0. The number of benzene rings is 1. The molecule has 0 amide bonds. The Morgan fingerprint density at radius 1 is 1.18 bits per heavy atom. The molecule has 1 aromatic carbocycles. The Balaban J connectivity index is 2.41. The predicted octanol–water partition coefficient (Wildman–Crippen LogP) is 2.78. The van der Waals surface area contributed by atoms with Crippen molar-refractivity contribution in [1.82, 2.24) is 9.97 Å². The second kappa shape index (κ2) is 4.41. The molecule has 88 valence electrons. The van der Waals surface area contributed by atoms with Crippen LogP contribution < -0.4 is 10.5 Å². The van der Waals surface area contributed by atoms with Gasteiger partial charge in [-0.05, 0) is 32.4 Å². The molecule has 0 bridgehead atoms. The first kappa shape index (κ1) is 11.4. The molecule has 2 N–H and O–H groups in total. The van der Waals surface area contributed by atoms with Gasteiger partial charge in [-0.1, -0.05) is 12.1 Å². The van der Waals surface area contributed by atoms with Gasteiger partial charge in [-0.3, -0.25) is 4.98 Å². The van der Waals surface area contributed by atoms with Crippen molar-refractivity contribution in [2.24, 2.45) is 0 Å². The fraction of sp³-hybridized carbons (Fsp3) is 0.231. The third kappa shape index (κ3) is 2.36. The van der Waals surface area contributed by atoms with E-state index < -0.39 is 0 Å². The molecule has 4 heteroatoms. The summed E-state index contributed by atoms with van der Waals surface area (Å²) in [5.74, 6) is 1.15. The highest BCUT2D eigenvalue weighted by Crippen LogP contribution is 2.30. The largest absolute Gasteiger partial charge is 0.435 e. The van der Waals surface area contributed by atoms with Gasteiger partial charge in [0, 0.05) is 6.20 Å². The van der Waals surface area contributed by atoms with E-state index in [4.69, 9.17) is 10.5 Å². The second-order valence-corrected chi connectivity index (χ2v) is 4.00. The minimum absolute atomic E-state index is 0.506. The van der Waals surface area contributed by atoms with Crippen molar-refractivity contribution in [1.29, 1.82) is 0 Å². The fourth-order valence-corrected chi connectivity index (χ4v) is 1.52. The Labute approximate surface area is 100 Å². The van der Waals surface area contributed by atoms with E-state index in [-0.39, 0.29) is 0 Å². The number of aromatic nitrogens is 2. The van der Waals surface area contributed by atoms with Crippen LogP contribution in [0.2, 0.25) is 0 Å². The lowest BCUT2D eigenvalue weighted by molar-refractivity contribution is 0.452. The van der Waals surface area contributed by atoms with E-state index in [1.807, 2.05) is 32.9 Å². The van der Waals surface area contributed by atoms with Gasteiger partial charge in [-0.2, -0.15) is 0 Å². The molecule has 0 fully saturated rings. The number of anilines is 1. The van der Waals surface area contributed by atoms with Crippen molar-refractivity contribution >= 4 is 5.69 Å². The average molecular weight is 229 g/mol. The lowest BCUT2D eigenvalue weighted by Crippen LogP contribution is -1.99. The van der Waals surface area contributed by atoms with Gasteiger partial charge in [0.05, 0.1) is 17.1 Å². The monoisotopic (exact) mass is 229 g/mol. The van der Waals surface area contributed by atoms with Crippen molar-refractivity contribution in [2.75, 3.05) is 5.73 Å². The number of hydrogen-bond donors (Lipinski definition) is 1. The quantitative estimate of drug-likeness (QED) is 0.804. The van der Waals surface area contributed by atoms with Crippen LogP contribution in [0.25, 0.3) is 0 Å². The number of ether oxygens (including phenoxy) is 1. The van der Waals surface area contributed by atoms with Gasteiger partial charge >= 0.3 is 0 Å². The van der Waals surface area contributed by atoms with E-state index in [1.165, 1.54) is 0 Å². The zero-order chi connectivity index (χ0) is 12.4. The molecule has 2 rings (SSSR count). The first-order valence-electron chi connectivity index (χ1n) is 5.41. The molecule has 1 heterocycles. The molecule has 0 saturated heterocycles. The van der Waals surface area contributed by atoms with Gasteiger partial charge in [-0.25, -0.2) is 4.98 Å². The highest BCUT2D eigenvalue weighted by atomic mass is 16.5. The molecule has 1 aromatic heterocycles. The van der Waals surface area contributed by atoms with Crippen molar-refractivity contribution in [2.45, 2.75) is 20.8 Å². The lowest BCUT2D eigenvalue weighted by atomic mass is 10.2. The van der Waals surface area contributed by atoms with Crippen molar-refractivity contribution in [3.05, 3.63) is 41.3 Å². The van der Waals surface area contributed by atoms with E-state index in [1.54, 1.807) is 12.3 Å². The number of nitrogens with zero attached hydrogens (tertiary/aromatic N) is 2. The summed E-state index contributed by atoms with van der Waals surface area (Å²) in [6.07, 6.45) is 1.71. The number of hydrogen-bond acceptors (Lipinski definition) is 4. The van der Waals surface area contributed by atoms with Gasteiger partial charge in [0.25, 0.3) is 0 Å². The zero-order valence-electron chi connectivity index (χ0n) is 10.2. The molecule has 0 aliphatic carbocycles. The SMILES string of the molecule is Cc1cnc(C)c(Oc2c(C)cccc2N)n1. The van der Waals surface area contributed by atoms with Crippen LogP contribution in [0.1, 0.15) is 17.0 Å². The highest BCUT2D eigenvalue weighted by molar-refractivity contribution is 5.57. The van der Waals surface area contributed by atoms with E-state index in [2.05, 4.69) is 9.97 Å². The molecule has 2 aromatic rings. The van der Waals surface area contributed by atoms with E-state index >= 15 is 0 Å². The third-order valence-electron chi connectivity index (χ3n) is 2.47. The number of nitrogens with two attached hydrogens (primary N) is 1. The topological polar surface area (TPSA) is 61.0 Å². The predicted molar refractivity (Wildman–Crippen MR) is 67.2 cm³/mol. The first-order chi connectivity index (χ1) is 8.08. The van der Waals surface area contributed by atoms with Crippen LogP contribution in [-0.4, -0.2) is 9.97 Å². The third-order valence-corrected chi connectivity index (χ3v) is 2.47. The van der Waals surface area contributed by atoms with Gasteiger partial charge in [0.15, 0.2) is 5.75 Å². The van der Waals surface area contributed by atoms with Crippen LogP contribution in [0.3, 0.4) is 0 Å². The fourth-order valence-electron chi connectivity index (χ4n) is 1.52. The Morgan fingerprint density at radius 2 is 1.94 bits per heavy atom. The Bertz CT molecular complexity index is 532. The van der Waals surface area contributed by atoms with E-state index in [9.17, 15) is 0 Å². The molecule has 0 saturated carbocycles. The molecule has 0 radical (unpaired) electrons. The smallest absolute Gasteiger partial charge is 0.241 e. The molecule has 0 aliphatic rings. The van der Waals surface area contributed by atoms with Gasteiger partial charge in [-0.15, -0.1) is 0 Å². The van der Waals surface area contributed by atoms with Crippen LogP contribution in [0.5, 0.6) is 11.6 Å². The Kier molecular flexibility index (Phi) is 2.95. The van der Waals surface area contributed by atoms with Crippen LogP contribution in [0, 0.1) is 20.8 Å². The summed E-state index contributed by atoms with van der Waals surface area (Å²) in [5.41, 5.74) is 9.03. The first-order valence-corrected chi connectivity index (χ1v) is 5.41. The minimum Gasteiger partial charge on any atom is -0.435 e. The highest BCUT2D eigenvalue weighted by Gasteiger charge is 2.09. The second-order valence-electron chi connectivity index (χ2n) is 4.00. The van der Waals surface area contributed by atoms with Crippen molar-refractivity contribution in [3.63, 3.8) is 0 Å². The molecule has 17 heavy (non-hydrogen) atoms. The molecule has 0 atom stereocenters.